The Kier molecular flexibility index (Phi) is 4.36. The van der Waals surface area contributed by atoms with E-state index in [1.807, 2.05) is 13.1 Å². The van der Waals surface area contributed by atoms with Crippen LogP contribution >= 0.6 is 0 Å². The third-order valence-electron chi connectivity index (χ3n) is 4.28. The minimum absolute atomic E-state index is 0.498. The summed E-state index contributed by atoms with van der Waals surface area (Å²) < 4.78 is 2.15. The van der Waals surface area contributed by atoms with Gasteiger partial charge in [0.2, 0.25) is 0 Å². The molecule has 3 rings (SSSR count). The fraction of sp³-hybridized carbons (Fsp3) is 0.688. The Labute approximate surface area is 126 Å². The number of aromatic nitrogens is 4. The lowest BCUT2D eigenvalue weighted by Gasteiger charge is -2.15. The second-order valence-corrected chi connectivity index (χ2v) is 6.02. The van der Waals surface area contributed by atoms with Gasteiger partial charge in [-0.05, 0) is 26.2 Å². The summed E-state index contributed by atoms with van der Waals surface area (Å²) >= 11 is 0. The van der Waals surface area contributed by atoms with Crippen LogP contribution < -0.4 is 5.32 Å². The number of nitrogens with one attached hydrogen (secondary N) is 1. The summed E-state index contributed by atoms with van der Waals surface area (Å²) in [6.07, 6.45) is 10.8. The third kappa shape index (κ3) is 3.01. The first-order chi connectivity index (χ1) is 10.3. The molecule has 0 spiro atoms. The van der Waals surface area contributed by atoms with Crippen molar-refractivity contribution >= 4 is 16.9 Å². The molecule has 0 bridgehead atoms. The van der Waals surface area contributed by atoms with Gasteiger partial charge in [-0.15, -0.1) is 0 Å². The van der Waals surface area contributed by atoms with E-state index in [0.717, 1.165) is 35.6 Å². The smallest absolute Gasteiger partial charge is 0.163 e. The average Bonchev–Trinajstić information content (AvgIpc) is 2.72. The molecule has 1 aliphatic rings. The van der Waals surface area contributed by atoms with Gasteiger partial charge in [0, 0.05) is 6.54 Å². The summed E-state index contributed by atoms with van der Waals surface area (Å²) in [7, 11) is 0. The van der Waals surface area contributed by atoms with Crippen molar-refractivity contribution in [3.05, 3.63) is 12.0 Å². The maximum atomic E-state index is 4.66. The first kappa shape index (κ1) is 14.3. The maximum absolute atomic E-state index is 4.66. The van der Waals surface area contributed by atoms with Gasteiger partial charge in [-0.2, -0.15) is 5.10 Å². The molecule has 0 aliphatic heterocycles. The normalized spacial score (nSPS) is 17.0. The van der Waals surface area contributed by atoms with Crippen molar-refractivity contribution in [2.45, 2.75) is 64.8 Å². The Morgan fingerprint density at radius 3 is 2.67 bits per heavy atom. The van der Waals surface area contributed by atoms with E-state index in [1.54, 1.807) is 0 Å². The molecule has 2 heterocycles. The van der Waals surface area contributed by atoms with E-state index >= 15 is 0 Å². The second kappa shape index (κ2) is 6.41. The second-order valence-electron chi connectivity index (χ2n) is 6.02. The highest BCUT2D eigenvalue weighted by molar-refractivity contribution is 5.86. The van der Waals surface area contributed by atoms with Crippen molar-refractivity contribution in [2.75, 3.05) is 11.9 Å². The zero-order valence-corrected chi connectivity index (χ0v) is 13.1. The number of anilines is 1. The summed E-state index contributed by atoms with van der Waals surface area (Å²) in [5.74, 6) is 1.75. The predicted octanol–water partition coefficient (Wildman–Crippen LogP) is 3.85. The molecule has 0 radical (unpaired) electrons. The molecule has 0 unspecified atom stereocenters. The quantitative estimate of drug-likeness (QED) is 0.868. The first-order valence-electron chi connectivity index (χ1n) is 8.25. The molecule has 0 atom stereocenters. The lowest BCUT2D eigenvalue weighted by molar-refractivity contribution is 0.414. The molecule has 1 fully saturated rings. The summed E-state index contributed by atoms with van der Waals surface area (Å²) in [5.41, 5.74) is 0.994. The van der Waals surface area contributed by atoms with Gasteiger partial charge >= 0.3 is 0 Å². The Bertz CT molecular complexity index is 596. The van der Waals surface area contributed by atoms with Gasteiger partial charge in [0.05, 0.1) is 17.6 Å². The Hall–Kier alpha value is -1.65. The zero-order valence-electron chi connectivity index (χ0n) is 13.1. The van der Waals surface area contributed by atoms with Crippen LogP contribution in [0.1, 0.15) is 63.7 Å². The van der Waals surface area contributed by atoms with Crippen LogP contribution in [0.3, 0.4) is 0 Å². The Morgan fingerprint density at radius 2 is 1.95 bits per heavy atom. The largest absolute Gasteiger partial charge is 0.369 e. The van der Waals surface area contributed by atoms with Crippen molar-refractivity contribution in [2.24, 2.45) is 0 Å². The standard InChI is InChI=1S/C16H25N5/c1-3-10-17-15-14-11-18-21(16(14)20-12(2)19-15)13-8-6-4-5-7-9-13/h11,13H,3-10H2,1-2H3,(H,17,19,20). The minimum Gasteiger partial charge on any atom is -0.369 e. The topological polar surface area (TPSA) is 55.6 Å². The number of rotatable bonds is 4. The van der Waals surface area contributed by atoms with Crippen LogP contribution in [0, 0.1) is 6.92 Å². The van der Waals surface area contributed by atoms with Crippen LogP contribution in [0.25, 0.3) is 11.0 Å². The van der Waals surface area contributed by atoms with Crippen LogP contribution in [-0.2, 0) is 0 Å². The molecule has 0 amide bonds. The SMILES string of the molecule is CCCNc1nc(C)nc2c1cnn2C1CCCCCC1. The Balaban J connectivity index is 1.98. The van der Waals surface area contributed by atoms with Crippen LogP contribution in [0.4, 0.5) is 5.82 Å². The van der Waals surface area contributed by atoms with E-state index in [4.69, 9.17) is 0 Å². The Morgan fingerprint density at radius 1 is 1.19 bits per heavy atom. The van der Waals surface area contributed by atoms with E-state index < -0.39 is 0 Å². The summed E-state index contributed by atoms with van der Waals surface area (Å²) in [6.45, 7) is 5.05. The van der Waals surface area contributed by atoms with E-state index in [9.17, 15) is 0 Å². The fourth-order valence-corrected chi connectivity index (χ4v) is 3.18. The molecule has 114 valence electrons. The molecule has 2 aromatic heterocycles. The van der Waals surface area contributed by atoms with Crippen molar-refractivity contribution in [3.63, 3.8) is 0 Å². The van der Waals surface area contributed by atoms with E-state index in [-0.39, 0.29) is 0 Å². The molecule has 21 heavy (non-hydrogen) atoms. The van der Waals surface area contributed by atoms with Crippen LogP contribution in [-0.4, -0.2) is 26.3 Å². The monoisotopic (exact) mass is 287 g/mol. The molecule has 0 aromatic carbocycles. The van der Waals surface area contributed by atoms with Gasteiger partial charge in [0.1, 0.15) is 11.6 Å². The van der Waals surface area contributed by atoms with Crippen molar-refractivity contribution in [3.8, 4) is 0 Å². The number of hydrogen-bond acceptors (Lipinski definition) is 4. The predicted molar refractivity (Wildman–Crippen MR) is 85.6 cm³/mol. The van der Waals surface area contributed by atoms with Crippen molar-refractivity contribution in [1.82, 2.24) is 19.7 Å². The van der Waals surface area contributed by atoms with E-state index in [0.29, 0.717) is 6.04 Å². The lowest BCUT2D eigenvalue weighted by Crippen LogP contribution is -2.11. The van der Waals surface area contributed by atoms with Crippen LogP contribution in [0.2, 0.25) is 0 Å². The van der Waals surface area contributed by atoms with Gasteiger partial charge in [-0.1, -0.05) is 32.6 Å². The zero-order chi connectivity index (χ0) is 14.7. The number of fused-ring (bicyclic) bond motifs is 1. The van der Waals surface area contributed by atoms with Crippen LogP contribution in [0.15, 0.2) is 6.20 Å². The molecule has 0 saturated heterocycles. The molecule has 2 aromatic rings. The molecule has 1 aliphatic carbocycles. The van der Waals surface area contributed by atoms with Crippen molar-refractivity contribution < 1.29 is 0 Å². The summed E-state index contributed by atoms with van der Waals surface area (Å²) in [4.78, 5) is 9.20. The third-order valence-corrected chi connectivity index (χ3v) is 4.28. The molecule has 1 N–H and O–H groups in total. The van der Waals surface area contributed by atoms with Gasteiger partial charge in [0.25, 0.3) is 0 Å². The number of nitrogens with zero attached hydrogens (tertiary/aromatic N) is 4. The number of aryl methyl sites for hydroxylation is 1. The first-order valence-corrected chi connectivity index (χ1v) is 8.25. The molecule has 5 heteroatoms. The van der Waals surface area contributed by atoms with Crippen molar-refractivity contribution in [1.29, 1.82) is 0 Å². The van der Waals surface area contributed by atoms with E-state index in [2.05, 4.69) is 32.0 Å². The highest BCUT2D eigenvalue weighted by Gasteiger charge is 2.19. The minimum atomic E-state index is 0.498. The molecule has 1 saturated carbocycles. The summed E-state index contributed by atoms with van der Waals surface area (Å²) in [5, 5.41) is 9.10. The van der Waals surface area contributed by atoms with Gasteiger partial charge in [-0.3, -0.25) is 0 Å². The lowest BCUT2D eigenvalue weighted by atomic mass is 10.1. The van der Waals surface area contributed by atoms with Gasteiger partial charge in [0.15, 0.2) is 5.65 Å². The van der Waals surface area contributed by atoms with Gasteiger partial charge < -0.3 is 5.32 Å². The molecular formula is C16H25N5. The highest BCUT2D eigenvalue weighted by atomic mass is 15.3. The maximum Gasteiger partial charge on any atom is 0.163 e. The fourth-order valence-electron chi connectivity index (χ4n) is 3.18. The highest BCUT2D eigenvalue weighted by Crippen LogP contribution is 2.30. The number of hydrogen-bond donors (Lipinski definition) is 1. The molecular weight excluding hydrogens is 262 g/mol. The van der Waals surface area contributed by atoms with E-state index in [1.165, 1.54) is 38.5 Å². The molecule has 5 nitrogen and oxygen atoms in total. The summed E-state index contributed by atoms with van der Waals surface area (Å²) in [6, 6.07) is 0.498. The van der Waals surface area contributed by atoms with Gasteiger partial charge in [-0.25, -0.2) is 14.6 Å². The van der Waals surface area contributed by atoms with Crippen LogP contribution in [0.5, 0.6) is 0 Å². The average molecular weight is 287 g/mol.